The first-order chi connectivity index (χ1) is 13.8. The Bertz CT molecular complexity index is 827. The van der Waals surface area contributed by atoms with Gasteiger partial charge in [0, 0.05) is 12.6 Å². The lowest BCUT2D eigenvalue weighted by Crippen LogP contribution is -2.51. The first kappa shape index (κ1) is 23.2. The Balaban J connectivity index is 2.27. The van der Waals surface area contributed by atoms with Crippen LogP contribution in [0.5, 0.6) is 0 Å². The van der Waals surface area contributed by atoms with Crippen LogP contribution >= 0.6 is 23.2 Å². The summed E-state index contributed by atoms with van der Waals surface area (Å²) in [7, 11) is 0. The molecule has 0 unspecified atom stereocenters. The highest BCUT2D eigenvalue weighted by molar-refractivity contribution is 6.42. The van der Waals surface area contributed by atoms with E-state index in [2.05, 4.69) is 5.32 Å². The summed E-state index contributed by atoms with van der Waals surface area (Å²) in [5, 5.41) is 3.87. The van der Waals surface area contributed by atoms with Crippen molar-refractivity contribution < 1.29 is 9.59 Å². The molecule has 6 heteroatoms. The van der Waals surface area contributed by atoms with Gasteiger partial charge < -0.3 is 10.2 Å². The maximum atomic E-state index is 13.2. The quantitative estimate of drug-likeness (QED) is 0.584. The van der Waals surface area contributed by atoms with Crippen LogP contribution in [-0.4, -0.2) is 28.8 Å². The smallest absolute Gasteiger partial charge is 0.243 e. The molecule has 2 aromatic carbocycles. The van der Waals surface area contributed by atoms with E-state index in [1.165, 1.54) is 0 Å². The molecule has 0 heterocycles. The highest BCUT2D eigenvalue weighted by Crippen LogP contribution is 2.23. The summed E-state index contributed by atoms with van der Waals surface area (Å²) in [6.45, 7) is 6.27. The van der Waals surface area contributed by atoms with Crippen LogP contribution in [0.25, 0.3) is 0 Å². The fourth-order valence-corrected chi connectivity index (χ4v) is 3.39. The van der Waals surface area contributed by atoms with E-state index in [1.54, 1.807) is 23.1 Å². The van der Waals surface area contributed by atoms with Gasteiger partial charge in [-0.25, -0.2) is 0 Å². The van der Waals surface area contributed by atoms with E-state index in [1.807, 2.05) is 51.1 Å². The largest absolute Gasteiger partial charge is 0.352 e. The molecular weight excluding hydrogens is 407 g/mol. The van der Waals surface area contributed by atoms with E-state index >= 15 is 0 Å². The third-order valence-electron chi connectivity index (χ3n) is 4.92. The van der Waals surface area contributed by atoms with Gasteiger partial charge >= 0.3 is 0 Å². The second-order valence-corrected chi connectivity index (χ2v) is 7.99. The SMILES string of the molecule is CC[C@@H](C)NC(=O)[C@H](CC)N(Cc1ccccc1)C(=O)Cc1ccc(Cl)c(Cl)c1. The van der Waals surface area contributed by atoms with Crippen molar-refractivity contribution in [2.24, 2.45) is 0 Å². The Hall–Kier alpha value is -2.04. The van der Waals surface area contributed by atoms with E-state index in [-0.39, 0.29) is 24.3 Å². The lowest BCUT2D eigenvalue weighted by molar-refractivity contribution is -0.141. The number of rotatable bonds is 9. The third kappa shape index (κ3) is 6.76. The first-order valence-electron chi connectivity index (χ1n) is 9.93. The molecule has 156 valence electrons. The molecule has 2 atom stereocenters. The van der Waals surface area contributed by atoms with Gasteiger partial charge in [0.2, 0.25) is 11.8 Å². The molecule has 2 amide bonds. The van der Waals surface area contributed by atoms with Crippen LogP contribution in [0, 0.1) is 0 Å². The molecular formula is C23H28Cl2N2O2. The molecule has 29 heavy (non-hydrogen) atoms. The Morgan fingerprint density at radius 1 is 0.966 bits per heavy atom. The summed E-state index contributed by atoms with van der Waals surface area (Å²) in [5.41, 5.74) is 1.74. The molecule has 1 N–H and O–H groups in total. The predicted molar refractivity (Wildman–Crippen MR) is 119 cm³/mol. The Morgan fingerprint density at radius 3 is 2.24 bits per heavy atom. The number of hydrogen-bond acceptors (Lipinski definition) is 2. The maximum Gasteiger partial charge on any atom is 0.243 e. The van der Waals surface area contributed by atoms with E-state index < -0.39 is 6.04 Å². The fraction of sp³-hybridized carbons (Fsp3) is 0.391. The number of carbonyl (C=O) groups is 2. The van der Waals surface area contributed by atoms with Gasteiger partial charge in [-0.1, -0.05) is 73.4 Å². The Morgan fingerprint density at radius 2 is 1.66 bits per heavy atom. The number of nitrogens with one attached hydrogen (secondary N) is 1. The van der Waals surface area contributed by atoms with Crippen LogP contribution in [0.4, 0.5) is 0 Å². The summed E-state index contributed by atoms with van der Waals surface area (Å²) in [5.74, 6) is -0.251. The summed E-state index contributed by atoms with van der Waals surface area (Å²) in [6.07, 6.45) is 1.51. The van der Waals surface area contributed by atoms with Gasteiger partial charge in [-0.2, -0.15) is 0 Å². The highest BCUT2D eigenvalue weighted by atomic mass is 35.5. The van der Waals surface area contributed by atoms with Crippen molar-refractivity contribution in [2.45, 2.75) is 58.7 Å². The minimum Gasteiger partial charge on any atom is -0.352 e. The van der Waals surface area contributed by atoms with Crippen LogP contribution in [0.2, 0.25) is 10.0 Å². The van der Waals surface area contributed by atoms with Gasteiger partial charge in [-0.3, -0.25) is 9.59 Å². The molecule has 0 bridgehead atoms. The first-order valence-corrected chi connectivity index (χ1v) is 10.7. The Kier molecular flexibility index (Phi) is 8.99. The van der Waals surface area contributed by atoms with Crippen LogP contribution in [0.1, 0.15) is 44.7 Å². The average Bonchev–Trinajstić information content (AvgIpc) is 2.71. The zero-order chi connectivity index (χ0) is 21.4. The molecule has 0 aliphatic carbocycles. The number of carbonyl (C=O) groups excluding carboxylic acids is 2. The molecule has 0 radical (unpaired) electrons. The van der Waals surface area contributed by atoms with Crippen molar-refractivity contribution in [2.75, 3.05) is 0 Å². The summed E-state index contributed by atoms with van der Waals surface area (Å²) < 4.78 is 0. The van der Waals surface area contributed by atoms with Crippen molar-refractivity contribution in [1.82, 2.24) is 10.2 Å². The third-order valence-corrected chi connectivity index (χ3v) is 5.66. The van der Waals surface area contributed by atoms with E-state index in [9.17, 15) is 9.59 Å². The topological polar surface area (TPSA) is 49.4 Å². The average molecular weight is 435 g/mol. The summed E-state index contributed by atoms with van der Waals surface area (Å²) >= 11 is 12.1. The van der Waals surface area contributed by atoms with Crippen LogP contribution in [0.15, 0.2) is 48.5 Å². The predicted octanol–water partition coefficient (Wildman–Crippen LogP) is 5.26. The lowest BCUT2D eigenvalue weighted by Gasteiger charge is -2.31. The number of hydrogen-bond donors (Lipinski definition) is 1. The van der Waals surface area contributed by atoms with Gasteiger partial charge in [-0.05, 0) is 43.0 Å². The molecule has 0 fully saturated rings. The summed E-state index contributed by atoms with van der Waals surface area (Å²) in [4.78, 5) is 27.8. The minimum absolute atomic E-state index is 0.0558. The lowest BCUT2D eigenvalue weighted by atomic mass is 10.1. The van der Waals surface area contributed by atoms with Gasteiger partial charge in [-0.15, -0.1) is 0 Å². The standard InChI is InChI=1S/C23H28Cl2N2O2/c1-4-16(3)26-23(29)21(5-2)27(15-17-9-7-6-8-10-17)22(28)14-18-11-12-19(24)20(25)13-18/h6-13,16,21H,4-5,14-15H2,1-3H3,(H,26,29)/t16-,21+/m1/s1. The van der Waals surface area contributed by atoms with Gasteiger partial charge in [0.15, 0.2) is 0 Å². The monoisotopic (exact) mass is 434 g/mol. The van der Waals surface area contributed by atoms with E-state index in [4.69, 9.17) is 23.2 Å². The summed E-state index contributed by atoms with van der Waals surface area (Å²) in [6, 6.07) is 14.4. The van der Waals surface area contributed by atoms with Crippen molar-refractivity contribution in [3.05, 3.63) is 69.7 Å². The number of benzene rings is 2. The molecule has 0 aliphatic rings. The highest BCUT2D eigenvalue weighted by Gasteiger charge is 2.29. The second-order valence-electron chi connectivity index (χ2n) is 7.17. The van der Waals surface area contributed by atoms with E-state index in [0.29, 0.717) is 23.0 Å². The number of nitrogens with zero attached hydrogens (tertiary/aromatic N) is 1. The number of amides is 2. The normalized spacial score (nSPS) is 12.9. The van der Waals surface area contributed by atoms with Crippen LogP contribution < -0.4 is 5.32 Å². The zero-order valence-corrected chi connectivity index (χ0v) is 18.6. The van der Waals surface area contributed by atoms with Crippen molar-refractivity contribution in [3.8, 4) is 0 Å². The molecule has 2 aromatic rings. The minimum atomic E-state index is -0.542. The molecule has 0 saturated carbocycles. The second kappa shape index (κ2) is 11.2. The van der Waals surface area contributed by atoms with Crippen molar-refractivity contribution in [1.29, 1.82) is 0 Å². The van der Waals surface area contributed by atoms with Crippen molar-refractivity contribution >= 4 is 35.0 Å². The van der Waals surface area contributed by atoms with Crippen LogP contribution in [-0.2, 0) is 22.6 Å². The Labute approximate surface area is 183 Å². The molecule has 0 aliphatic heterocycles. The maximum absolute atomic E-state index is 13.2. The van der Waals surface area contributed by atoms with Gasteiger partial charge in [0.1, 0.15) is 6.04 Å². The molecule has 4 nitrogen and oxygen atoms in total. The molecule has 0 saturated heterocycles. The van der Waals surface area contributed by atoms with E-state index in [0.717, 1.165) is 17.5 Å². The number of halogens is 2. The molecule has 0 spiro atoms. The van der Waals surface area contributed by atoms with Gasteiger partial charge in [0.25, 0.3) is 0 Å². The van der Waals surface area contributed by atoms with Crippen LogP contribution in [0.3, 0.4) is 0 Å². The van der Waals surface area contributed by atoms with Gasteiger partial charge in [0.05, 0.1) is 16.5 Å². The molecule has 2 rings (SSSR count). The van der Waals surface area contributed by atoms with Crippen molar-refractivity contribution in [3.63, 3.8) is 0 Å². The molecule has 0 aromatic heterocycles. The fourth-order valence-electron chi connectivity index (χ4n) is 3.07. The zero-order valence-electron chi connectivity index (χ0n) is 17.1.